The quantitative estimate of drug-likeness (QED) is 0.180. The number of hydrogen-bond acceptors (Lipinski definition) is 3. The number of para-hydroxylation sites is 2. The maximum absolute atomic E-state index is 5.54. The van der Waals surface area contributed by atoms with Crippen molar-refractivity contribution in [3.05, 3.63) is 187 Å². The van der Waals surface area contributed by atoms with Crippen LogP contribution in [0.2, 0.25) is 0 Å². The van der Waals surface area contributed by atoms with Crippen LogP contribution >= 0.6 is 11.3 Å². The molecule has 1 aliphatic rings. The summed E-state index contributed by atoms with van der Waals surface area (Å²) in [6, 6.07) is 63.8. The third-order valence-corrected chi connectivity index (χ3v) is 13.4. The molecule has 0 saturated carbocycles. The first-order valence-electron chi connectivity index (χ1n) is 19.6. The van der Waals surface area contributed by atoms with Gasteiger partial charge in [0.1, 0.15) is 0 Å². The highest BCUT2D eigenvalue weighted by Crippen LogP contribution is 2.50. The summed E-state index contributed by atoms with van der Waals surface area (Å²) < 4.78 is 5.00. The molecule has 8 aromatic carbocycles. The van der Waals surface area contributed by atoms with Crippen molar-refractivity contribution in [3.8, 4) is 50.7 Å². The fourth-order valence-corrected chi connectivity index (χ4v) is 10.8. The number of nitrogens with zero attached hydrogens (tertiary/aromatic N) is 3. The predicted octanol–water partition coefficient (Wildman–Crippen LogP) is 14.4. The van der Waals surface area contributed by atoms with Gasteiger partial charge in [-0.15, -0.1) is 11.3 Å². The van der Waals surface area contributed by atoms with Crippen LogP contribution in [-0.2, 0) is 5.41 Å². The van der Waals surface area contributed by atoms with Crippen molar-refractivity contribution in [2.24, 2.45) is 0 Å². The highest BCUT2D eigenvalue weighted by atomic mass is 32.1. The van der Waals surface area contributed by atoms with E-state index in [0.29, 0.717) is 5.82 Å². The van der Waals surface area contributed by atoms with Crippen LogP contribution in [0.3, 0.4) is 0 Å². The van der Waals surface area contributed by atoms with Crippen LogP contribution in [0, 0.1) is 0 Å². The molecule has 0 amide bonds. The monoisotopic (exact) mass is 745 g/mol. The fraction of sp³-hybridized carbons (Fsp3) is 0.0566. The Morgan fingerprint density at radius 1 is 0.456 bits per heavy atom. The zero-order valence-electron chi connectivity index (χ0n) is 31.5. The summed E-state index contributed by atoms with van der Waals surface area (Å²) in [5.74, 6) is 0.714. The number of hydrogen-bond donors (Lipinski definition) is 0. The summed E-state index contributed by atoms with van der Waals surface area (Å²) >= 11 is 1.88. The Morgan fingerprint density at radius 3 is 1.96 bits per heavy atom. The third kappa shape index (κ3) is 4.71. The number of fused-ring (bicyclic) bond motifs is 12. The van der Waals surface area contributed by atoms with Crippen molar-refractivity contribution >= 4 is 64.1 Å². The molecule has 0 saturated heterocycles. The molecule has 57 heavy (non-hydrogen) atoms. The normalized spacial score (nSPS) is 13.2. The minimum Gasteiger partial charge on any atom is -0.309 e. The minimum atomic E-state index is -0.123. The summed E-state index contributed by atoms with van der Waals surface area (Å²) in [7, 11) is 0. The first-order chi connectivity index (χ1) is 28.0. The van der Waals surface area contributed by atoms with Crippen molar-refractivity contribution in [2.75, 3.05) is 0 Å². The molecule has 3 aromatic heterocycles. The molecule has 0 fully saturated rings. The number of thiophene rings is 1. The second-order valence-corrected chi connectivity index (χ2v) is 16.8. The highest BCUT2D eigenvalue weighted by Gasteiger charge is 2.35. The lowest BCUT2D eigenvalue weighted by molar-refractivity contribution is 0.660. The van der Waals surface area contributed by atoms with Gasteiger partial charge in [-0.3, -0.25) is 0 Å². The zero-order valence-corrected chi connectivity index (χ0v) is 32.3. The molecule has 0 N–H and O–H groups in total. The maximum atomic E-state index is 5.54. The highest BCUT2D eigenvalue weighted by molar-refractivity contribution is 7.26. The lowest BCUT2D eigenvalue weighted by Gasteiger charge is -2.22. The van der Waals surface area contributed by atoms with Crippen LogP contribution < -0.4 is 0 Å². The Bertz CT molecular complexity index is 3430. The van der Waals surface area contributed by atoms with Gasteiger partial charge >= 0.3 is 0 Å². The van der Waals surface area contributed by atoms with E-state index in [9.17, 15) is 0 Å². The molecule has 12 rings (SSSR count). The van der Waals surface area contributed by atoms with Crippen LogP contribution in [-0.4, -0.2) is 14.5 Å². The lowest BCUT2D eigenvalue weighted by atomic mass is 9.82. The molecule has 3 heterocycles. The summed E-state index contributed by atoms with van der Waals surface area (Å²) in [5, 5.41) is 7.46. The van der Waals surface area contributed by atoms with Gasteiger partial charge in [0.15, 0.2) is 5.82 Å². The molecule has 0 atom stereocenters. The molecule has 11 aromatic rings. The first-order valence-corrected chi connectivity index (χ1v) is 20.4. The lowest BCUT2D eigenvalue weighted by Crippen LogP contribution is -2.14. The molecule has 268 valence electrons. The van der Waals surface area contributed by atoms with E-state index in [0.717, 1.165) is 44.7 Å². The van der Waals surface area contributed by atoms with Gasteiger partial charge in [0.25, 0.3) is 0 Å². The molecule has 1 aliphatic carbocycles. The first kappa shape index (κ1) is 32.4. The van der Waals surface area contributed by atoms with E-state index < -0.39 is 0 Å². The Hall–Kier alpha value is -6.88. The summed E-state index contributed by atoms with van der Waals surface area (Å²) in [6.45, 7) is 4.67. The summed E-state index contributed by atoms with van der Waals surface area (Å²) in [4.78, 5) is 11.0. The Balaban J connectivity index is 1.20. The molecule has 0 radical (unpaired) electrons. The number of rotatable bonds is 4. The standard InChI is InChI=1S/C53H35N3S/c1-53(2)42-22-12-9-19-35(42)36-26-25-33(29-43(36)53)45-31-44(32-15-5-3-6-16-32)54-52(55-45)41-30-47-49(40-21-10-13-23-46(40)56(47)34-17-7-4-8-18-34)50-38(41)27-28-39-37-20-11-14-24-48(37)57-51(39)50/h3-31H,1-2H3. The molecule has 0 unspecified atom stereocenters. The molecule has 4 heteroatoms. The molecule has 0 spiro atoms. The topological polar surface area (TPSA) is 30.7 Å². The van der Waals surface area contributed by atoms with Gasteiger partial charge in [0.05, 0.1) is 22.4 Å². The molecule has 3 nitrogen and oxygen atoms in total. The average molecular weight is 746 g/mol. The smallest absolute Gasteiger partial charge is 0.161 e. The van der Waals surface area contributed by atoms with Crippen LogP contribution in [0.4, 0.5) is 0 Å². The number of aromatic nitrogens is 3. The van der Waals surface area contributed by atoms with Crippen LogP contribution in [0.1, 0.15) is 25.0 Å². The van der Waals surface area contributed by atoms with Gasteiger partial charge in [-0.1, -0.05) is 147 Å². The van der Waals surface area contributed by atoms with E-state index >= 15 is 0 Å². The molecular formula is C53H35N3S. The van der Waals surface area contributed by atoms with E-state index in [1.807, 2.05) is 11.3 Å². The van der Waals surface area contributed by atoms with Crippen LogP contribution in [0.5, 0.6) is 0 Å². The summed E-state index contributed by atoms with van der Waals surface area (Å²) in [6.07, 6.45) is 0. The van der Waals surface area contributed by atoms with Gasteiger partial charge in [-0.05, 0) is 70.1 Å². The van der Waals surface area contributed by atoms with Crippen molar-refractivity contribution in [2.45, 2.75) is 19.3 Å². The van der Waals surface area contributed by atoms with Crippen molar-refractivity contribution in [3.63, 3.8) is 0 Å². The molecule has 0 bridgehead atoms. The SMILES string of the molecule is CC1(C)c2ccccc2-c2ccc(-c3cc(-c4ccccc4)nc(-c4cc5c(c6ccccc6n5-c5ccccc5)c5c4ccc4c6ccccc6sc45)n3)cc21. The Morgan fingerprint density at radius 2 is 1.12 bits per heavy atom. The van der Waals surface area contributed by atoms with E-state index in [1.54, 1.807) is 0 Å². The second-order valence-electron chi connectivity index (χ2n) is 15.7. The van der Waals surface area contributed by atoms with Crippen molar-refractivity contribution in [1.82, 2.24) is 14.5 Å². The number of benzene rings is 8. The maximum Gasteiger partial charge on any atom is 0.161 e. The average Bonchev–Trinajstić information content (AvgIpc) is 3.89. The van der Waals surface area contributed by atoms with Gasteiger partial charge in [-0.2, -0.15) is 0 Å². The van der Waals surface area contributed by atoms with E-state index in [4.69, 9.17) is 9.97 Å². The van der Waals surface area contributed by atoms with E-state index in [1.165, 1.54) is 64.1 Å². The Kier molecular flexibility index (Phi) is 6.85. The van der Waals surface area contributed by atoms with Gasteiger partial charge < -0.3 is 4.57 Å². The van der Waals surface area contributed by atoms with E-state index in [2.05, 4.69) is 194 Å². The fourth-order valence-electron chi connectivity index (χ4n) is 9.51. The Labute approximate surface area is 334 Å². The van der Waals surface area contributed by atoms with E-state index in [-0.39, 0.29) is 5.41 Å². The predicted molar refractivity (Wildman–Crippen MR) is 241 cm³/mol. The van der Waals surface area contributed by atoms with Gasteiger partial charge in [-0.25, -0.2) is 9.97 Å². The summed E-state index contributed by atoms with van der Waals surface area (Å²) in [5.41, 5.74) is 13.6. The second kappa shape index (κ2) is 12.1. The van der Waals surface area contributed by atoms with Crippen molar-refractivity contribution < 1.29 is 0 Å². The minimum absolute atomic E-state index is 0.123. The van der Waals surface area contributed by atoms with Crippen LogP contribution in [0.25, 0.3) is 103 Å². The van der Waals surface area contributed by atoms with Gasteiger partial charge in [0, 0.05) is 64.1 Å². The van der Waals surface area contributed by atoms with Gasteiger partial charge in [0.2, 0.25) is 0 Å². The molecular weight excluding hydrogens is 711 g/mol. The largest absolute Gasteiger partial charge is 0.309 e. The zero-order chi connectivity index (χ0) is 37.8. The molecule has 0 aliphatic heterocycles. The third-order valence-electron chi connectivity index (χ3n) is 12.2. The van der Waals surface area contributed by atoms with Crippen molar-refractivity contribution in [1.29, 1.82) is 0 Å². The van der Waals surface area contributed by atoms with Crippen LogP contribution in [0.15, 0.2) is 176 Å².